The van der Waals surface area contributed by atoms with Gasteiger partial charge in [0.15, 0.2) is 0 Å². The molecular weight excluding hydrogens is 403 g/mol. The molecule has 5 fully saturated rings. The van der Waals surface area contributed by atoms with Crippen molar-refractivity contribution in [2.45, 2.75) is 50.5 Å². The molecule has 23 heavy (non-hydrogen) atoms. The molecule has 0 aromatic rings. The second kappa shape index (κ2) is 6.79. The first-order valence-electron chi connectivity index (χ1n) is 9.21. The van der Waals surface area contributed by atoms with Gasteiger partial charge in [0.25, 0.3) is 0 Å². The van der Waals surface area contributed by atoms with Gasteiger partial charge < -0.3 is 14.3 Å². The van der Waals surface area contributed by atoms with Crippen LogP contribution < -0.4 is 5.11 Å². The maximum atomic E-state index is 12.5. The van der Waals surface area contributed by atoms with Gasteiger partial charge in [-0.05, 0) is 62.2 Å². The second-order valence-corrected chi connectivity index (χ2v) is 8.80. The van der Waals surface area contributed by atoms with E-state index in [1.165, 1.54) is 38.5 Å². The van der Waals surface area contributed by atoms with Gasteiger partial charge >= 0.3 is 0 Å². The van der Waals surface area contributed by atoms with Crippen molar-refractivity contribution < 1.29 is 14.3 Å². The number of nitrogens with zero attached hydrogens (tertiary/aromatic N) is 2. The Bertz CT molecular complexity index is 425. The van der Waals surface area contributed by atoms with Gasteiger partial charge in [-0.15, -0.1) is 24.0 Å². The van der Waals surface area contributed by atoms with E-state index in [0.717, 1.165) is 55.1 Å². The van der Waals surface area contributed by atoms with Crippen LogP contribution in [-0.4, -0.2) is 55.8 Å². The highest BCUT2D eigenvalue weighted by molar-refractivity contribution is 14.0. The molecule has 0 aromatic carbocycles. The smallest absolute Gasteiger partial charge is 0.102 e. The quantitative estimate of drug-likeness (QED) is 0.295. The first kappa shape index (κ1) is 17.9. The van der Waals surface area contributed by atoms with Crippen LogP contribution in [0.3, 0.4) is 0 Å². The van der Waals surface area contributed by atoms with Crippen LogP contribution in [0.5, 0.6) is 0 Å². The zero-order valence-electron chi connectivity index (χ0n) is 14.3. The van der Waals surface area contributed by atoms with Gasteiger partial charge in [0.1, 0.15) is 13.1 Å². The summed E-state index contributed by atoms with van der Waals surface area (Å²) in [6, 6.07) is 0. The van der Waals surface area contributed by atoms with Crippen molar-refractivity contribution in [3.05, 3.63) is 0 Å². The summed E-state index contributed by atoms with van der Waals surface area (Å²) < 4.78 is 6.41. The van der Waals surface area contributed by atoms with Gasteiger partial charge in [-0.2, -0.15) is 0 Å². The molecule has 5 heteroatoms. The normalized spacial score (nSPS) is 41.6. The molecule has 132 valence electrons. The van der Waals surface area contributed by atoms with E-state index in [-0.39, 0.29) is 35.4 Å². The fourth-order valence-corrected chi connectivity index (χ4v) is 5.90. The largest absolute Gasteiger partial charge is 0.862 e. The van der Waals surface area contributed by atoms with Gasteiger partial charge in [-0.1, -0.05) is 0 Å². The van der Waals surface area contributed by atoms with Gasteiger partial charge in [0.2, 0.25) is 0 Å². The van der Waals surface area contributed by atoms with Crippen molar-refractivity contribution in [1.82, 2.24) is 0 Å². The first-order valence-corrected chi connectivity index (χ1v) is 9.21. The lowest BCUT2D eigenvalue weighted by Gasteiger charge is -2.55. The summed E-state index contributed by atoms with van der Waals surface area (Å²) in [7, 11) is 2.25. The van der Waals surface area contributed by atoms with Crippen LogP contribution in [0.25, 0.3) is 0 Å². The van der Waals surface area contributed by atoms with Crippen LogP contribution in [0.1, 0.15) is 44.9 Å². The summed E-state index contributed by atoms with van der Waals surface area (Å²) in [6.07, 6.45) is 8.46. The molecule has 4 aliphatic carbocycles. The molecule has 1 saturated heterocycles. The highest BCUT2D eigenvalue weighted by Gasteiger charge is 2.50. The second-order valence-electron chi connectivity index (χ2n) is 8.80. The van der Waals surface area contributed by atoms with Crippen LogP contribution in [0.15, 0.2) is 4.99 Å². The summed E-state index contributed by atoms with van der Waals surface area (Å²) in [5, 5.41) is 12.5. The predicted octanol–water partition coefficient (Wildman–Crippen LogP) is 2.20. The number of halogens is 1. The maximum absolute atomic E-state index is 12.5. The zero-order valence-corrected chi connectivity index (χ0v) is 16.7. The van der Waals surface area contributed by atoms with Crippen molar-refractivity contribution in [1.29, 1.82) is 0 Å². The third-order valence-electron chi connectivity index (χ3n) is 6.78. The Labute approximate surface area is 157 Å². The zero-order chi connectivity index (χ0) is 15.2. The molecule has 1 aliphatic heterocycles. The Balaban J connectivity index is 0.00000156. The van der Waals surface area contributed by atoms with Crippen molar-refractivity contribution in [2.24, 2.45) is 22.7 Å². The molecular formula is C18H31IN2O2. The molecule has 5 aliphatic rings. The SMILES string of the molecule is C[N+]1(CCC([O-])=NC23CC4CC(CC(C4)C2)C3)CCOCC1.I. The minimum Gasteiger partial charge on any atom is -0.862 e. The van der Waals surface area contributed by atoms with E-state index in [4.69, 9.17) is 9.73 Å². The Morgan fingerprint density at radius 1 is 1.09 bits per heavy atom. The van der Waals surface area contributed by atoms with E-state index in [9.17, 15) is 5.11 Å². The Morgan fingerprint density at radius 3 is 2.13 bits per heavy atom. The van der Waals surface area contributed by atoms with E-state index in [1.807, 2.05) is 0 Å². The Kier molecular flexibility index (Phi) is 5.29. The standard InChI is InChI=1S/C18H30N2O2.HI/c1-20(4-6-22-7-5-20)3-2-17(21)19-18-11-14-8-15(12-18)10-16(9-14)13-18;/h14-16H,2-13H2,1H3;1H. The van der Waals surface area contributed by atoms with Crippen LogP contribution in [0.2, 0.25) is 0 Å². The number of rotatable bonds is 4. The van der Waals surface area contributed by atoms with Crippen LogP contribution in [-0.2, 0) is 4.74 Å². The monoisotopic (exact) mass is 434 g/mol. The van der Waals surface area contributed by atoms with E-state index in [0.29, 0.717) is 6.42 Å². The number of hydrogen-bond acceptors (Lipinski definition) is 3. The van der Waals surface area contributed by atoms with Gasteiger partial charge in [0.05, 0.1) is 32.3 Å². The third kappa shape index (κ3) is 3.87. The molecule has 0 aromatic heterocycles. The highest BCUT2D eigenvalue weighted by Crippen LogP contribution is 2.57. The topological polar surface area (TPSA) is 44.7 Å². The summed E-state index contributed by atoms with van der Waals surface area (Å²) in [5.74, 6) is 2.78. The predicted molar refractivity (Wildman–Crippen MR) is 100.0 cm³/mol. The Morgan fingerprint density at radius 2 is 1.61 bits per heavy atom. The number of ether oxygens (including phenoxy) is 1. The van der Waals surface area contributed by atoms with Crippen molar-refractivity contribution >= 4 is 29.9 Å². The lowest BCUT2D eigenvalue weighted by atomic mass is 9.53. The molecule has 0 amide bonds. The Hall–Kier alpha value is 0.120. The van der Waals surface area contributed by atoms with E-state index >= 15 is 0 Å². The van der Waals surface area contributed by atoms with E-state index in [1.54, 1.807) is 0 Å². The fraction of sp³-hybridized carbons (Fsp3) is 0.944. The molecule has 1 heterocycles. The van der Waals surface area contributed by atoms with Crippen molar-refractivity contribution in [3.8, 4) is 0 Å². The third-order valence-corrected chi connectivity index (χ3v) is 6.78. The fourth-order valence-electron chi connectivity index (χ4n) is 5.90. The summed E-state index contributed by atoms with van der Waals surface area (Å²) >= 11 is 0. The van der Waals surface area contributed by atoms with E-state index in [2.05, 4.69) is 7.05 Å². The van der Waals surface area contributed by atoms with Crippen LogP contribution in [0, 0.1) is 17.8 Å². The first-order chi connectivity index (χ1) is 10.5. The molecule has 0 radical (unpaired) electrons. The summed E-state index contributed by atoms with van der Waals surface area (Å²) in [4.78, 5) is 4.80. The van der Waals surface area contributed by atoms with Crippen molar-refractivity contribution in [3.63, 3.8) is 0 Å². The lowest BCUT2D eigenvalue weighted by molar-refractivity contribution is -0.916. The average molecular weight is 434 g/mol. The minimum absolute atomic E-state index is 0. The molecule has 4 saturated carbocycles. The molecule has 5 rings (SSSR count). The summed E-state index contributed by atoms with van der Waals surface area (Å²) in [5.41, 5.74) is 0.0510. The minimum atomic E-state index is 0. The van der Waals surface area contributed by atoms with Crippen LogP contribution in [0.4, 0.5) is 0 Å². The number of aliphatic imine (C=N–C) groups is 1. The number of quaternary nitrogens is 1. The maximum Gasteiger partial charge on any atom is 0.102 e. The lowest BCUT2D eigenvalue weighted by Crippen LogP contribution is -2.53. The molecule has 0 unspecified atom stereocenters. The average Bonchev–Trinajstić information content (AvgIpc) is 2.44. The number of morpholine rings is 1. The molecule has 4 bridgehead atoms. The number of hydrogen-bond donors (Lipinski definition) is 0. The van der Waals surface area contributed by atoms with Gasteiger partial charge in [0, 0.05) is 6.42 Å². The van der Waals surface area contributed by atoms with Crippen LogP contribution >= 0.6 is 24.0 Å². The van der Waals surface area contributed by atoms with Gasteiger partial charge in [-0.3, -0.25) is 4.99 Å². The molecule has 0 N–H and O–H groups in total. The number of likely N-dealkylation sites (N-methyl/N-ethyl adjacent to an activating group) is 1. The van der Waals surface area contributed by atoms with Crippen molar-refractivity contribution in [2.75, 3.05) is 39.9 Å². The highest BCUT2D eigenvalue weighted by atomic mass is 127. The van der Waals surface area contributed by atoms with Gasteiger partial charge in [-0.25, -0.2) is 0 Å². The molecule has 0 spiro atoms. The molecule has 4 nitrogen and oxygen atoms in total. The molecule has 0 atom stereocenters. The van der Waals surface area contributed by atoms with E-state index < -0.39 is 0 Å². The summed E-state index contributed by atoms with van der Waals surface area (Å²) in [6.45, 7) is 4.65.